The predicted octanol–water partition coefficient (Wildman–Crippen LogP) is 4.05. The Morgan fingerprint density at radius 3 is 2.77 bits per heavy atom. The second-order valence-corrected chi connectivity index (χ2v) is 6.86. The number of alkyl halides is 2. The topological polar surface area (TPSA) is 55.6 Å². The largest absolute Gasteiger partial charge is 0.378 e. The lowest BCUT2D eigenvalue weighted by atomic mass is 9.92. The number of hydrogen-bond acceptors (Lipinski definition) is 3. The minimum Gasteiger partial charge on any atom is -0.378 e. The molecule has 0 bridgehead atoms. The minimum absolute atomic E-state index is 0.0818. The first kappa shape index (κ1) is 18.8. The zero-order chi connectivity index (χ0) is 18.7. The average Bonchev–Trinajstić information content (AvgIpc) is 3.04. The van der Waals surface area contributed by atoms with Crippen LogP contribution in [0.2, 0.25) is 0 Å². The maximum Gasteiger partial charge on any atom is 0.278 e. The van der Waals surface area contributed by atoms with Gasteiger partial charge in [-0.05, 0) is 51.2 Å². The summed E-state index contributed by atoms with van der Waals surface area (Å²) >= 11 is 0. The molecule has 142 valence electrons. The standard InChI is InChI=1S/C19H25F2N3O2/c1-3-10-26-14-6-4-13(5-7-14)23-19(25)15-8-9-24-16(17(20)21)11-12(2)22-18(15)24/h8-9,11,13-14,17H,3-7,10H2,1-2H3,(H,23,25)/t13-,14-. The summed E-state index contributed by atoms with van der Waals surface area (Å²) in [7, 11) is 0. The zero-order valence-electron chi connectivity index (χ0n) is 15.2. The van der Waals surface area contributed by atoms with E-state index in [9.17, 15) is 13.6 Å². The van der Waals surface area contributed by atoms with Crippen molar-refractivity contribution in [1.82, 2.24) is 14.7 Å². The number of nitrogens with zero attached hydrogens (tertiary/aromatic N) is 2. The molecule has 1 aliphatic rings. The fraction of sp³-hybridized carbons (Fsp3) is 0.579. The molecule has 0 saturated heterocycles. The summed E-state index contributed by atoms with van der Waals surface area (Å²) in [5.74, 6) is -0.260. The monoisotopic (exact) mass is 365 g/mol. The summed E-state index contributed by atoms with van der Waals surface area (Å²) in [4.78, 5) is 16.9. The highest BCUT2D eigenvalue weighted by Crippen LogP contribution is 2.24. The molecule has 2 aromatic heterocycles. The van der Waals surface area contributed by atoms with Gasteiger partial charge < -0.3 is 10.1 Å². The van der Waals surface area contributed by atoms with E-state index in [2.05, 4.69) is 17.2 Å². The van der Waals surface area contributed by atoms with Crippen molar-refractivity contribution in [2.75, 3.05) is 6.61 Å². The number of hydrogen-bond donors (Lipinski definition) is 1. The summed E-state index contributed by atoms with van der Waals surface area (Å²) in [6, 6.07) is 2.98. The van der Waals surface area contributed by atoms with Gasteiger partial charge in [-0.1, -0.05) is 6.92 Å². The molecule has 0 radical (unpaired) electrons. The van der Waals surface area contributed by atoms with E-state index in [-0.39, 0.29) is 29.4 Å². The van der Waals surface area contributed by atoms with Crippen LogP contribution in [0.15, 0.2) is 18.3 Å². The summed E-state index contributed by atoms with van der Waals surface area (Å²) in [6.07, 6.45) is 3.71. The van der Waals surface area contributed by atoms with Crippen molar-refractivity contribution in [2.45, 2.75) is 64.5 Å². The fourth-order valence-corrected chi connectivity index (χ4v) is 3.50. The first-order chi connectivity index (χ1) is 12.5. The van der Waals surface area contributed by atoms with Gasteiger partial charge in [0, 0.05) is 24.5 Å². The number of carbonyl (C=O) groups is 1. The van der Waals surface area contributed by atoms with Gasteiger partial charge in [-0.2, -0.15) is 0 Å². The van der Waals surface area contributed by atoms with Crippen LogP contribution in [0, 0.1) is 6.92 Å². The third-order valence-corrected chi connectivity index (χ3v) is 4.81. The second kappa shape index (κ2) is 8.12. The number of ether oxygens (including phenoxy) is 1. The Labute approximate surface area is 151 Å². The third kappa shape index (κ3) is 4.03. The van der Waals surface area contributed by atoms with E-state index in [0.717, 1.165) is 38.7 Å². The van der Waals surface area contributed by atoms with Crippen LogP contribution in [-0.2, 0) is 4.74 Å². The molecule has 1 saturated carbocycles. The van der Waals surface area contributed by atoms with Crippen molar-refractivity contribution in [1.29, 1.82) is 0 Å². The highest BCUT2D eigenvalue weighted by atomic mass is 19.3. The van der Waals surface area contributed by atoms with Crippen molar-refractivity contribution in [2.24, 2.45) is 0 Å². The maximum atomic E-state index is 13.2. The summed E-state index contributed by atoms with van der Waals surface area (Å²) in [5.41, 5.74) is 0.923. The van der Waals surface area contributed by atoms with E-state index in [1.807, 2.05) is 0 Å². The highest BCUT2D eigenvalue weighted by Gasteiger charge is 2.25. The van der Waals surface area contributed by atoms with Gasteiger partial charge in [0.05, 0.1) is 17.4 Å². The molecular weight excluding hydrogens is 340 g/mol. The van der Waals surface area contributed by atoms with Gasteiger partial charge >= 0.3 is 0 Å². The van der Waals surface area contributed by atoms with Gasteiger partial charge in [-0.15, -0.1) is 0 Å². The lowest BCUT2D eigenvalue weighted by molar-refractivity contribution is 0.0227. The number of aromatic nitrogens is 2. The van der Waals surface area contributed by atoms with Crippen LogP contribution >= 0.6 is 0 Å². The van der Waals surface area contributed by atoms with Gasteiger partial charge in [0.2, 0.25) is 0 Å². The molecule has 0 unspecified atom stereocenters. The number of aryl methyl sites for hydroxylation is 1. The molecule has 2 heterocycles. The van der Waals surface area contributed by atoms with E-state index in [1.54, 1.807) is 13.0 Å². The van der Waals surface area contributed by atoms with E-state index >= 15 is 0 Å². The first-order valence-corrected chi connectivity index (χ1v) is 9.18. The molecule has 0 atom stereocenters. The van der Waals surface area contributed by atoms with Crippen LogP contribution in [0.3, 0.4) is 0 Å². The molecule has 1 aliphatic carbocycles. The quantitative estimate of drug-likeness (QED) is 0.840. The number of carbonyl (C=O) groups excluding carboxylic acids is 1. The van der Waals surface area contributed by atoms with Crippen molar-refractivity contribution >= 4 is 11.6 Å². The molecule has 1 fully saturated rings. The van der Waals surface area contributed by atoms with Gasteiger partial charge in [0.1, 0.15) is 5.65 Å². The molecule has 0 aromatic carbocycles. The van der Waals surface area contributed by atoms with Crippen LogP contribution in [0.25, 0.3) is 5.65 Å². The summed E-state index contributed by atoms with van der Waals surface area (Å²) in [5, 5.41) is 3.02. The first-order valence-electron chi connectivity index (χ1n) is 9.18. The van der Waals surface area contributed by atoms with Gasteiger partial charge in [-0.25, -0.2) is 13.8 Å². The van der Waals surface area contributed by atoms with Crippen molar-refractivity contribution < 1.29 is 18.3 Å². The average molecular weight is 365 g/mol. The Morgan fingerprint density at radius 1 is 1.38 bits per heavy atom. The SMILES string of the molecule is CCCO[C@H]1CC[C@H](NC(=O)c2ccn3c(C(F)F)cc(C)nc23)CC1. The predicted molar refractivity (Wildman–Crippen MR) is 94.6 cm³/mol. The Kier molecular flexibility index (Phi) is 5.86. The lowest BCUT2D eigenvalue weighted by Gasteiger charge is -2.29. The normalized spacial score (nSPS) is 20.7. The van der Waals surface area contributed by atoms with E-state index in [4.69, 9.17) is 4.74 Å². The van der Waals surface area contributed by atoms with Crippen LogP contribution in [0.5, 0.6) is 0 Å². The smallest absolute Gasteiger partial charge is 0.278 e. The number of halogens is 2. The van der Waals surface area contributed by atoms with Gasteiger partial charge in [0.25, 0.3) is 12.3 Å². The molecule has 1 amide bonds. The van der Waals surface area contributed by atoms with Crippen molar-refractivity contribution in [3.63, 3.8) is 0 Å². The maximum absolute atomic E-state index is 13.2. The van der Waals surface area contributed by atoms with Crippen LogP contribution in [0.4, 0.5) is 8.78 Å². The molecule has 1 N–H and O–H groups in total. The number of rotatable bonds is 6. The molecule has 0 spiro atoms. The molecule has 26 heavy (non-hydrogen) atoms. The van der Waals surface area contributed by atoms with Crippen molar-refractivity contribution in [3.8, 4) is 0 Å². The Bertz CT molecular complexity index is 767. The second-order valence-electron chi connectivity index (χ2n) is 6.86. The van der Waals surface area contributed by atoms with Crippen LogP contribution in [-0.4, -0.2) is 34.0 Å². The molecule has 5 nitrogen and oxygen atoms in total. The van der Waals surface area contributed by atoms with Crippen molar-refractivity contribution in [3.05, 3.63) is 35.3 Å². The van der Waals surface area contributed by atoms with Gasteiger partial charge in [-0.3, -0.25) is 9.20 Å². The molecule has 7 heteroatoms. The number of amides is 1. The minimum atomic E-state index is -2.62. The molecular formula is C19H25F2N3O2. The number of nitrogens with one attached hydrogen (secondary N) is 1. The summed E-state index contributed by atoms with van der Waals surface area (Å²) in [6.45, 7) is 4.51. The Morgan fingerprint density at radius 2 is 2.12 bits per heavy atom. The number of fused-ring (bicyclic) bond motifs is 1. The highest BCUT2D eigenvalue weighted by molar-refractivity contribution is 6.00. The molecule has 2 aromatic rings. The van der Waals surface area contributed by atoms with E-state index in [1.165, 1.54) is 16.7 Å². The van der Waals surface area contributed by atoms with Gasteiger partial charge in [0.15, 0.2) is 0 Å². The third-order valence-electron chi connectivity index (χ3n) is 4.81. The molecule has 0 aliphatic heterocycles. The Balaban J connectivity index is 1.69. The Hall–Kier alpha value is -2.02. The van der Waals surface area contributed by atoms with Crippen LogP contribution < -0.4 is 5.32 Å². The van der Waals surface area contributed by atoms with E-state index in [0.29, 0.717) is 11.3 Å². The molecule has 3 rings (SSSR count). The van der Waals surface area contributed by atoms with Crippen LogP contribution in [0.1, 0.15) is 67.2 Å². The zero-order valence-corrected chi connectivity index (χ0v) is 15.2. The van der Waals surface area contributed by atoms with E-state index < -0.39 is 6.43 Å². The summed E-state index contributed by atoms with van der Waals surface area (Å²) < 4.78 is 33.5. The fourth-order valence-electron chi connectivity index (χ4n) is 3.50. The lowest BCUT2D eigenvalue weighted by Crippen LogP contribution is -2.39.